The van der Waals surface area contributed by atoms with Crippen molar-refractivity contribution < 1.29 is 5.11 Å². The van der Waals surface area contributed by atoms with Gasteiger partial charge in [-0.2, -0.15) is 0 Å². The van der Waals surface area contributed by atoms with Crippen LogP contribution in [-0.2, 0) is 0 Å². The number of aliphatic hydroxyl groups excluding tert-OH is 1. The van der Waals surface area contributed by atoms with Crippen LogP contribution >= 0.6 is 0 Å². The standard InChI is InChI=1S/C13H22N4O/c1-14-12(10-18)11-4-3-5-13(15-11)17-8-6-16(2)7-9-17/h3-5,12,14,18H,6-10H2,1-2H3. The average molecular weight is 250 g/mol. The summed E-state index contributed by atoms with van der Waals surface area (Å²) in [5.74, 6) is 1.01. The summed E-state index contributed by atoms with van der Waals surface area (Å²) in [6.45, 7) is 4.23. The molecule has 0 aliphatic carbocycles. The summed E-state index contributed by atoms with van der Waals surface area (Å²) < 4.78 is 0. The number of hydrogen-bond donors (Lipinski definition) is 2. The summed E-state index contributed by atoms with van der Waals surface area (Å²) in [6, 6.07) is 5.92. The topological polar surface area (TPSA) is 51.6 Å². The monoisotopic (exact) mass is 250 g/mol. The van der Waals surface area contributed by atoms with Gasteiger partial charge in [-0.05, 0) is 26.2 Å². The fourth-order valence-electron chi connectivity index (χ4n) is 2.18. The van der Waals surface area contributed by atoms with Crippen LogP contribution < -0.4 is 10.2 Å². The van der Waals surface area contributed by atoms with Crippen molar-refractivity contribution in [1.29, 1.82) is 0 Å². The van der Waals surface area contributed by atoms with Crippen molar-refractivity contribution >= 4 is 5.82 Å². The summed E-state index contributed by atoms with van der Waals surface area (Å²) in [5, 5.41) is 12.4. The maximum atomic E-state index is 9.29. The van der Waals surface area contributed by atoms with Gasteiger partial charge in [0.2, 0.25) is 0 Å². The summed E-state index contributed by atoms with van der Waals surface area (Å²) >= 11 is 0. The van der Waals surface area contributed by atoms with E-state index < -0.39 is 0 Å². The van der Waals surface area contributed by atoms with Gasteiger partial charge in [0, 0.05) is 26.2 Å². The maximum Gasteiger partial charge on any atom is 0.128 e. The van der Waals surface area contributed by atoms with Crippen LogP contribution in [0.25, 0.3) is 0 Å². The molecule has 2 heterocycles. The van der Waals surface area contributed by atoms with Crippen molar-refractivity contribution in [3.63, 3.8) is 0 Å². The number of aliphatic hydroxyl groups is 1. The molecule has 0 aromatic carbocycles. The zero-order valence-corrected chi connectivity index (χ0v) is 11.1. The molecular weight excluding hydrogens is 228 g/mol. The molecule has 5 heteroatoms. The number of rotatable bonds is 4. The predicted octanol–water partition coefficient (Wildman–Crippen LogP) is 0.0862. The molecule has 1 unspecified atom stereocenters. The molecule has 100 valence electrons. The van der Waals surface area contributed by atoms with E-state index >= 15 is 0 Å². The second kappa shape index (κ2) is 6.13. The molecule has 1 saturated heterocycles. The number of nitrogens with one attached hydrogen (secondary N) is 1. The minimum Gasteiger partial charge on any atom is -0.394 e. The lowest BCUT2D eigenvalue weighted by atomic mass is 10.2. The van der Waals surface area contributed by atoms with Gasteiger partial charge in [-0.15, -0.1) is 0 Å². The smallest absolute Gasteiger partial charge is 0.128 e. The molecule has 1 aromatic heterocycles. The van der Waals surface area contributed by atoms with E-state index in [4.69, 9.17) is 0 Å². The first-order valence-electron chi connectivity index (χ1n) is 6.43. The molecule has 1 aliphatic heterocycles. The predicted molar refractivity (Wildman–Crippen MR) is 72.8 cm³/mol. The number of anilines is 1. The van der Waals surface area contributed by atoms with E-state index in [1.54, 1.807) is 0 Å². The first kappa shape index (κ1) is 13.3. The zero-order valence-electron chi connectivity index (χ0n) is 11.1. The van der Waals surface area contributed by atoms with Crippen molar-refractivity contribution in [2.75, 3.05) is 51.8 Å². The van der Waals surface area contributed by atoms with Crippen LogP contribution in [0.1, 0.15) is 11.7 Å². The van der Waals surface area contributed by atoms with Crippen LogP contribution in [0.4, 0.5) is 5.82 Å². The summed E-state index contributed by atoms with van der Waals surface area (Å²) in [6.07, 6.45) is 0. The number of hydrogen-bond acceptors (Lipinski definition) is 5. The molecule has 18 heavy (non-hydrogen) atoms. The van der Waals surface area contributed by atoms with Crippen molar-refractivity contribution in [3.05, 3.63) is 23.9 Å². The van der Waals surface area contributed by atoms with Crippen molar-refractivity contribution in [3.8, 4) is 0 Å². The Morgan fingerprint density at radius 2 is 2.06 bits per heavy atom. The number of nitrogens with zero attached hydrogens (tertiary/aromatic N) is 3. The summed E-state index contributed by atoms with van der Waals surface area (Å²) in [4.78, 5) is 9.27. The Kier molecular flexibility index (Phi) is 4.52. The third-order valence-electron chi connectivity index (χ3n) is 3.47. The fourth-order valence-corrected chi connectivity index (χ4v) is 2.18. The summed E-state index contributed by atoms with van der Waals surface area (Å²) in [7, 11) is 3.98. The third kappa shape index (κ3) is 2.98. The van der Waals surface area contributed by atoms with E-state index in [0.29, 0.717) is 0 Å². The second-order valence-corrected chi connectivity index (χ2v) is 4.73. The Morgan fingerprint density at radius 1 is 1.33 bits per heavy atom. The van der Waals surface area contributed by atoms with Gasteiger partial charge >= 0.3 is 0 Å². The number of aromatic nitrogens is 1. The molecule has 2 rings (SSSR count). The number of likely N-dealkylation sites (N-methyl/N-ethyl adjacent to an activating group) is 2. The highest BCUT2D eigenvalue weighted by Gasteiger charge is 2.16. The van der Waals surface area contributed by atoms with Crippen molar-refractivity contribution in [2.45, 2.75) is 6.04 Å². The molecule has 2 N–H and O–H groups in total. The van der Waals surface area contributed by atoms with E-state index in [9.17, 15) is 5.11 Å². The van der Waals surface area contributed by atoms with Gasteiger partial charge in [-0.3, -0.25) is 0 Å². The first-order chi connectivity index (χ1) is 8.74. The van der Waals surface area contributed by atoms with E-state index in [0.717, 1.165) is 37.7 Å². The zero-order chi connectivity index (χ0) is 13.0. The molecule has 5 nitrogen and oxygen atoms in total. The van der Waals surface area contributed by atoms with Gasteiger partial charge in [0.1, 0.15) is 5.82 Å². The van der Waals surface area contributed by atoms with Gasteiger partial charge in [0.15, 0.2) is 0 Å². The van der Waals surface area contributed by atoms with Crippen molar-refractivity contribution in [2.24, 2.45) is 0 Å². The van der Waals surface area contributed by atoms with Crippen molar-refractivity contribution in [1.82, 2.24) is 15.2 Å². The minimum absolute atomic E-state index is 0.0652. The van der Waals surface area contributed by atoms with E-state index in [2.05, 4.69) is 27.1 Å². The largest absolute Gasteiger partial charge is 0.394 e. The molecular formula is C13H22N4O. The Morgan fingerprint density at radius 3 is 2.67 bits per heavy atom. The molecule has 0 saturated carbocycles. The third-order valence-corrected chi connectivity index (χ3v) is 3.47. The quantitative estimate of drug-likeness (QED) is 0.793. The SMILES string of the molecule is CNC(CO)c1cccc(N2CCN(C)CC2)n1. The van der Waals surface area contributed by atoms with Crippen LogP contribution in [0.5, 0.6) is 0 Å². The Bertz CT molecular complexity index is 373. The molecule has 1 atom stereocenters. The van der Waals surface area contributed by atoms with Gasteiger partial charge in [-0.25, -0.2) is 4.98 Å². The lowest BCUT2D eigenvalue weighted by Gasteiger charge is -2.33. The Labute approximate surface area is 108 Å². The lowest BCUT2D eigenvalue weighted by molar-refractivity contribution is 0.248. The number of pyridine rings is 1. The highest BCUT2D eigenvalue weighted by Crippen LogP contribution is 2.17. The normalized spacial score (nSPS) is 18.9. The van der Waals surface area contributed by atoms with Crippen LogP contribution in [0, 0.1) is 0 Å². The first-order valence-corrected chi connectivity index (χ1v) is 6.43. The van der Waals surface area contributed by atoms with Gasteiger partial charge in [-0.1, -0.05) is 6.07 Å². The fraction of sp³-hybridized carbons (Fsp3) is 0.615. The maximum absolute atomic E-state index is 9.29. The van der Waals surface area contributed by atoms with Crippen LogP contribution in [-0.4, -0.2) is 61.9 Å². The molecule has 0 spiro atoms. The van der Waals surface area contributed by atoms with E-state index in [1.165, 1.54) is 0 Å². The molecule has 0 radical (unpaired) electrons. The lowest BCUT2D eigenvalue weighted by Crippen LogP contribution is -2.44. The van der Waals surface area contributed by atoms with Gasteiger partial charge in [0.25, 0.3) is 0 Å². The highest BCUT2D eigenvalue weighted by molar-refractivity contribution is 5.40. The molecule has 0 amide bonds. The molecule has 0 bridgehead atoms. The average Bonchev–Trinajstić information content (AvgIpc) is 2.41. The van der Waals surface area contributed by atoms with E-state index in [1.807, 2.05) is 25.2 Å². The molecule has 1 fully saturated rings. The number of piperazine rings is 1. The Balaban J connectivity index is 2.11. The van der Waals surface area contributed by atoms with Gasteiger partial charge < -0.3 is 20.2 Å². The summed E-state index contributed by atoms with van der Waals surface area (Å²) in [5.41, 5.74) is 0.899. The molecule has 1 aromatic rings. The van der Waals surface area contributed by atoms with Crippen LogP contribution in [0.15, 0.2) is 18.2 Å². The minimum atomic E-state index is -0.0857. The Hall–Kier alpha value is -1.17. The van der Waals surface area contributed by atoms with Crippen LogP contribution in [0.3, 0.4) is 0 Å². The van der Waals surface area contributed by atoms with Crippen LogP contribution in [0.2, 0.25) is 0 Å². The second-order valence-electron chi connectivity index (χ2n) is 4.73. The van der Waals surface area contributed by atoms with E-state index in [-0.39, 0.29) is 12.6 Å². The van der Waals surface area contributed by atoms with Gasteiger partial charge in [0.05, 0.1) is 18.3 Å². The highest BCUT2D eigenvalue weighted by atomic mass is 16.3. The molecule has 1 aliphatic rings.